The normalized spacial score (nSPS) is 12.6. The van der Waals surface area contributed by atoms with Crippen molar-refractivity contribution in [2.24, 2.45) is 11.7 Å². The van der Waals surface area contributed by atoms with Crippen molar-refractivity contribution in [2.45, 2.75) is 84.4 Å². The fourth-order valence-corrected chi connectivity index (χ4v) is 2.37. The summed E-state index contributed by atoms with van der Waals surface area (Å²) in [7, 11) is 2.34. The van der Waals surface area contributed by atoms with Crippen LogP contribution in [0.15, 0.2) is 0 Å². The van der Waals surface area contributed by atoms with Gasteiger partial charge in [0.1, 0.15) is 11.6 Å². The van der Waals surface area contributed by atoms with Crippen LogP contribution in [0.4, 0.5) is 4.79 Å². The van der Waals surface area contributed by atoms with Gasteiger partial charge in [-0.25, -0.2) is 4.79 Å². The maximum absolute atomic E-state index is 12.5. The predicted octanol–water partition coefficient (Wildman–Crippen LogP) is 1.89. The summed E-state index contributed by atoms with van der Waals surface area (Å²) < 4.78 is 5.22. The number of nitrogens with one attached hydrogen (secondary N) is 3. The number of amidine groups is 1. The number of ether oxygens (including phenoxy) is 1. The average molecular weight is 501 g/mol. The Balaban J connectivity index is 0. The van der Waals surface area contributed by atoms with E-state index in [9.17, 15) is 14.7 Å². The lowest BCUT2D eigenvalue weighted by Crippen LogP contribution is -2.51. The number of amides is 2. The monoisotopic (exact) mass is 500 g/mol. The van der Waals surface area contributed by atoms with Crippen molar-refractivity contribution in [3.8, 4) is 0 Å². The van der Waals surface area contributed by atoms with Crippen molar-refractivity contribution in [1.82, 2.24) is 10.6 Å². The van der Waals surface area contributed by atoms with E-state index in [2.05, 4.69) is 33.0 Å². The van der Waals surface area contributed by atoms with Crippen LogP contribution in [-0.4, -0.2) is 47.2 Å². The third-order valence-electron chi connectivity index (χ3n) is 3.56. The number of carbonyl (C=O) groups excluding carboxylic acids is 2. The molecule has 0 radical (unpaired) electrons. The number of aliphatic hydroxyl groups excluding tert-OH is 1. The van der Waals surface area contributed by atoms with Gasteiger partial charge >= 0.3 is 6.09 Å². The summed E-state index contributed by atoms with van der Waals surface area (Å²) in [5.41, 5.74) is 4.67. The Morgan fingerprint density at radius 1 is 1.17 bits per heavy atom. The summed E-state index contributed by atoms with van der Waals surface area (Å²) in [5, 5.41) is 22.1. The molecule has 0 aromatic rings. The van der Waals surface area contributed by atoms with Crippen molar-refractivity contribution in [2.75, 3.05) is 6.61 Å². The van der Waals surface area contributed by atoms with Gasteiger partial charge in [0, 0.05) is 46.6 Å². The Morgan fingerprint density at radius 2 is 1.73 bits per heavy atom. The molecule has 6 N–H and O–H groups in total. The molecule has 0 rings (SSSR count). The highest BCUT2D eigenvalue weighted by atomic mass is 33.2. The minimum atomic E-state index is -0.726. The maximum atomic E-state index is 12.5. The van der Waals surface area contributed by atoms with E-state index < -0.39 is 23.8 Å². The molecule has 0 aliphatic rings. The number of carbonyl (C=O) groups is 2. The lowest BCUT2D eigenvalue weighted by atomic mass is 10.0. The first-order valence-electron chi connectivity index (χ1n) is 9.68. The van der Waals surface area contributed by atoms with Gasteiger partial charge in [0.2, 0.25) is 5.91 Å². The maximum Gasteiger partial charge on any atom is 0.408 e. The topological polar surface area (TPSA) is 138 Å². The standard InChI is InChI=1S/C18H36N4O4.S4/c1-12(2)10-14(22-17(25)26-18(3,4)5)16(24)21-13(11-23)8-6-7-9-15(19)20;1-3-4-2/h12-14,23H,6-11H2,1-5H3,(H3,19,20)(H,21,24)(H,22,25);/t13-,14-;/m0./s1. The lowest BCUT2D eigenvalue weighted by Gasteiger charge is -2.25. The van der Waals surface area contributed by atoms with Crippen LogP contribution >= 0.6 is 0 Å². The van der Waals surface area contributed by atoms with Crippen LogP contribution in [0.25, 0.3) is 0 Å². The second-order valence-corrected chi connectivity index (χ2v) is 11.7. The van der Waals surface area contributed by atoms with E-state index in [1.807, 2.05) is 13.8 Å². The fraction of sp³-hybridized carbons (Fsp3) is 0.833. The molecule has 0 spiro atoms. The molecule has 12 heteroatoms. The van der Waals surface area contributed by atoms with Gasteiger partial charge in [-0.2, -0.15) is 0 Å². The average Bonchev–Trinajstić information content (AvgIpc) is 2.61. The van der Waals surface area contributed by atoms with E-state index in [0.717, 1.165) is 12.8 Å². The van der Waals surface area contributed by atoms with Gasteiger partial charge in [-0.05, 0) is 46.0 Å². The fourth-order valence-electron chi connectivity index (χ4n) is 2.37. The Hall–Kier alpha value is -0.950. The van der Waals surface area contributed by atoms with Gasteiger partial charge in [0.05, 0.1) is 18.5 Å². The highest BCUT2D eigenvalue weighted by Gasteiger charge is 2.26. The molecule has 0 saturated heterocycles. The molecule has 0 unspecified atom stereocenters. The molecular formula is C18H36N4O4S4. The molecule has 0 aromatic carbocycles. The lowest BCUT2D eigenvalue weighted by molar-refractivity contribution is -0.124. The number of hydrogen-bond donors (Lipinski definition) is 5. The largest absolute Gasteiger partial charge is 0.444 e. The molecule has 2 amide bonds. The van der Waals surface area contributed by atoms with Crippen LogP contribution in [-0.2, 0) is 49.7 Å². The number of unbranched alkanes of at least 4 members (excludes halogenated alkanes) is 1. The molecule has 0 fully saturated rings. The van der Waals surface area contributed by atoms with Gasteiger partial charge in [0.15, 0.2) is 0 Å². The van der Waals surface area contributed by atoms with Crippen molar-refractivity contribution >= 4 is 58.0 Å². The second kappa shape index (κ2) is 17.7. The zero-order valence-electron chi connectivity index (χ0n) is 18.4. The van der Waals surface area contributed by atoms with Gasteiger partial charge in [-0.15, -0.1) is 0 Å². The molecule has 30 heavy (non-hydrogen) atoms. The van der Waals surface area contributed by atoms with Gasteiger partial charge in [-0.3, -0.25) is 10.2 Å². The summed E-state index contributed by atoms with van der Waals surface area (Å²) in [5.74, 6) is -0.00727. The Bertz CT molecular complexity index is 606. The zero-order chi connectivity index (χ0) is 23.7. The van der Waals surface area contributed by atoms with Crippen molar-refractivity contribution in [3.05, 3.63) is 0 Å². The molecular weight excluding hydrogens is 464 g/mol. The van der Waals surface area contributed by atoms with Crippen LogP contribution in [0.2, 0.25) is 0 Å². The first-order chi connectivity index (χ1) is 13.9. The SMILES string of the molecule is CC(C)C[C@H](NC(=O)OC(C)(C)C)C(=O)N[C@H](CO)CCCCC(=N)N.S=S=S=S. The quantitative estimate of drug-likeness (QED) is 0.166. The first kappa shape index (κ1) is 31.2. The highest BCUT2D eigenvalue weighted by molar-refractivity contribution is 8.51. The van der Waals surface area contributed by atoms with Crippen LogP contribution < -0.4 is 16.4 Å². The van der Waals surface area contributed by atoms with Crippen molar-refractivity contribution < 1.29 is 19.4 Å². The smallest absolute Gasteiger partial charge is 0.408 e. The first-order valence-corrected chi connectivity index (χ1v) is 13.7. The van der Waals surface area contributed by atoms with E-state index in [0.29, 0.717) is 19.3 Å². The third-order valence-corrected chi connectivity index (χ3v) is 5.78. The summed E-state index contributed by atoms with van der Waals surface area (Å²) >= 11 is 8.66. The third kappa shape index (κ3) is 20.3. The molecule has 0 bridgehead atoms. The van der Waals surface area contributed by atoms with Crippen LogP contribution in [0.1, 0.15) is 66.7 Å². The summed E-state index contributed by atoms with van der Waals surface area (Å²) in [6.07, 6.45) is 2.37. The minimum absolute atomic E-state index is 0.133. The molecule has 0 aliphatic carbocycles. The van der Waals surface area contributed by atoms with Crippen LogP contribution in [0, 0.1) is 11.3 Å². The van der Waals surface area contributed by atoms with Gasteiger partial charge < -0.3 is 26.2 Å². The highest BCUT2D eigenvalue weighted by Crippen LogP contribution is 2.10. The van der Waals surface area contributed by atoms with Gasteiger partial charge in [-0.1, -0.05) is 20.3 Å². The summed E-state index contributed by atoms with van der Waals surface area (Å²) in [6.45, 7) is 9.00. The number of hydrogen-bond acceptors (Lipinski definition) is 7. The van der Waals surface area contributed by atoms with E-state index in [4.69, 9.17) is 15.9 Å². The van der Waals surface area contributed by atoms with Gasteiger partial charge in [0.25, 0.3) is 0 Å². The Morgan fingerprint density at radius 3 is 2.13 bits per heavy atom. The van der Waals surface area contributed by atoms with E-state index >= 15 is 0 Å². The van der Waals surface area contributed by atoms with Crippen molar-refractivity contribution in [1.29, 1.82) is 5.41 Å². The van der Waals surface area contributed by atoms with Crippen LogP contribution in [0.3, 0.4) is 0 Å². The molecule has 176 valence electrons. The number of nitrogens with two attached hydrogens (primary N) is 1. The van der Waals surface area contributed by atoms with E-state index in [1.165, 1.54) is 17.8 Å². The number of rotatable bonds is 11. The van der Waals surface area contributed by atoms with Crippen molar-refractivity contribution in [3.63, 3.8) is 0 Å². The Labute approximate surface area is 195 Å². The summed E-state index contributed by atoms with van der Waals surface area (Å²) in [6, 6.07) is -1.12. The Kier molecular flexibility index (Phi) is 18.4. The molecule has 0 saturated carbocycles. The zero-order valence-corrected chi connectivity index (χ0v) is 21.6. The number of alkyl carbamates (subject to hydrolysis) is 1. The molecule has 2 atom stereocenters. The molecule has 0 aliphatic heterocycles. The minimum Gasteiger partial charge on any atom is -0.444 e. The summed E-state index contributed by atoms with van der Waals surface area (Å²) in [4.78, 5) is 24.5. The van der Waals surface area contributed by atoms with E-state index in [1.54, 1.807) is 20.8 Å². The molecule has 8 nitrogen and oxygen atoms in total. The van der Waals surface area contributed by atoms with Crippen LogP contribution in [0.5, 0.6) is 0 Å². The van der Waals surface area contributed by atoms with E-state index in [-0.39, 0.29) is 24.3 Å². The second-order valence-electron chi connectivity index (χ2n) is 8.12. The number of aliphatic hydroxyl groups is 1. The molecule has 0 heterocycles. The predicted molar refractivity (Wildman–Crippen MR) is 131 cm³/mol. The molecule has 0 aromatic heterocycles.